The molecule has 1 saturated heterocycles. The number of pyridine rings is 1. The Hall–Kier alpha value is -1.97. The van der Waals surface area contributed by atoms with Crippen molar-refractivity contribution in [2.45, 2.75) is 87.9 Å². The molecule has 0 N–H and O–H groups in total. The molecule has 2 aromatic rings. The molecule has 1 aromatic heterocycles. The second-order valence-electron chi connectivity index (χ2n) is 11.4. The van der Waals surface area contributed by atoms with E-state index in [2.05, 4.69) is 67.3 Å². The number of ether oxygens (including phenoxy) is 1. The van der Waals surface area contributed by atoms with Crippen molar-refractivity contribution in [2.75, 3.05) is 14.1 Å². The molecule has 3 heteroatoms. The zero-order valence-electron chi connectivity index (χ0n) is 20.5. The third kappa shape index (κ3) is 3.51. The molecular formula is C30H38N2O. The summed E-state index contributed by atoms with van der Waals surface area (Å²) in [5.41, 5.74) is 4.50. The van der Waals surface area contributed by atoms with Crippen LogP contribution in [-0.2, 0) is 4.74 Å². The molecule has 2 spiro atoms. The summed E-state index contributed by atoms with van der Waals surface area (Å²) in [5.74, 6) is 1.15. The second kappa shape index (κ2) is 8.06. The quantitative estimate of drug-likeness (QED) is 0.511. The third-order valence-electron chi connectivity index (χ3n) is 9.48. The van der Waals surface area contributed by atoms with Crippen LogP contribution in [0.4, 0.5) is 0 Å². The normalized spacial score (nSPS) is 37.9. The number of benzene rings is 1. The lowest BCUT2D eigenvalue weighted by atomic mass is 9.74. The zero-order chi connectivity index (χ0) is 22.6. The summed E-state index contributed by atoms with van der Waals surface area (Å²) in [4.78, 5) is 6.77. The smallest absolute Gasteiger partial charge is 0.0966 e. The molecule has 1 aromatic carbocycles. The van der Waals surface area contributed by atoms with E-state index >= 15 is 0 Å². The highest BCUT2D eigenvalue weighted by molar-refractivity contribution is 5.82. The van der Waals surface area contributed by atoms with Gasteiger partial charge in [0.25, 0.3) is 0 Å². The number of nitrogens with zero attached hydrogens (tertiary/aromatic N) is 2. The van der Waals surface area contributed by atoms with Crippen LogP contribution in [-0.4, -0.2) is 41.2 Å². The molecule has 3 heterocycles. The van der Waals surface area contributed by atoms with Gasteiger partial charge in [-0.15, -0.1) is 0 Å². The van der Waals surface area contributed by atoms with Gasteiger partial charge in [0.15, 0.2) is 0 Å². The highest BCUT2D eigenvalue weighted by Crippen LogP contribution is 2.59. The fraction of sp³-hybridized carbons (Fsp3) is 0.567. The SMILES string of the molecule is C[C@H]1CCC(c2ccc3ccncc3c2)CC/C=C2/C=C3CCC(N(C)C)C[C@]34CC[C@@]21O4. The van der Waals surface area contributed by atoms with Crippen molar-refractivity contribution in [3.63, 3.8) is 0 Å². The lowest BCUT2D eigenvalue weighted by Crippen LogP contribution is -2.50. The number of allylic oxidation sites excluding steroid dienone is 1. The minimum Gasteiger partial charge on any atom is -0.359 e. The van der Waals surface area contributed by atoms with Crippen molar-refractivity contribution in [3.05, 3.63) is 65.5 Å². The molecule has 0 amide bonds. The van der Waals surface area contributed by atoms with Crippen LogP contribution in [0.1, 0.15) is 76.2 Å². The van der Waals surface area contributed by atoms with Crippen molar-refractivity contribution < 1.29 is 4.74 Å². The van der Waals surface area contributed by atoms with E-state index in [1.807, 2.05) is 12.4 Å². The van der Waals surface area contributed by atoms with Crippen LogP contribution in [0.3, 0.4) is 0 Å². The van der Waals surface area contributed by atoms with E-state index in [0.29, 0.717) is 17.9 Å². The lowest BCUT2D eigenvalue weighted by Gasteiger charge is -2.49. The fourth-order valence-electron chi connectivity index (χ4n) is 7.35. The van der Waals surface area contributed by atoms with Crippen LogP contribution >= 0.6 is 0 Å². The zero-order valence-corrected chi connectivity index (χ0v) is 20.5. The van der Waals surface area contributed by atoms with E-state index in [1.165, 1.54) is 73.3 Å². The van der Waals surface area contributed by atoms with Crippen molar-refractivity contribution in [3.8, 4) is 0 Å². The second-order valence-corrected chi connectivity index (χ2v) is 11.4. The number of rotatable bonds is 2. The Balaban J connectivity index is 1.30. The molecule has 4 aliphatic rings. The van der Waals surface area contributed by atoms with Crippen LogP contribution in [0.5, 0.6) is 0 Å². The fourth-order valence-corrected chi connectivity index (χ4v) is 7.35. The first kappa shape index (κ1) is 21.6. The Bertz CT molecular complexity index is 1120. The number of aromatic nitrogens is 1. The Kier molecular flexibility index (Phi) is 5.27. The minimum atomic E-state index is -0.0695. The molecule has 0 radical (unpaired) electrons. The van der Waals surface area contributed by atoms with E-state index in [4.69, 9.17) is 4.74 Å². The summed E-state index contributed by atoms with van der Waals surface area (Å²) >= 11 is 0. The van der Waals surface area contributed by atoms with Crippen LogP contribution in [0.15, 0.2) is 60.0 Å². The Morgan fingerprint density at radius 3 is 2.82 bits per heavy atom. The Morgan fingerprint density at radius 2 is 1.94 bits per heavy atom. The Morgan fingerprint density at radius 1 is 1.03 bits per heavy atom. The molecule has 2 unspecified atom stereocenters. The molecular weight excluding hydrogens is 404 g/mol. The third-order valence-corrected chi connectivity index (χ3v) is 9.48. The highest BCUT2D eigenvalue weighted by Gasteiger charge is 2.59. The monoisotopic (exact) mass is 442 g/mol. The topological polar surface area (TPSA) is 25.4 Å². The summed E-state index contributed by atoms with van der Waals surface area (Å²) in [6.07, 6.45) is 19.9. The summed E-state index contributed by atoms with van der Waals surface area (Å²) < 4.78 is 7.29. The van der Waals surface area contributed by atoms with E-state index in [1.54, 1.807) is 5.57 Å². The van der Waals surface area contributed by atoms with E-state index in [9.17, 15) is 0 Å². The lowest BCUT2D eigenvalue weighted by molar-refractivity contribution is -0.115. The van der Waals surface area contributed by atoms with E-state index in [-0.39, 0.29) is 11.2 Å². The molecule has 33 heavy (non-hydrogen) atoms. The van der Waals surface area contributed by atoms with Crippen molar-refractivity contribution in [2.24, 2.45) is 5.92 Å². The van der Waals surface area contributed by atoms with E-state index in [0.717, 1.165) is 6.42 Å². The van der Waals surface area contributed by atoms with Gasteiger partial charge in [0.2, 0.25) is 0 Å². The van der Waals surface area contributed by atoms with Crippen LogP contribution in [0.2, 0.25) is 0 Å². The standard InChI is InChI=1S/C30H38N2O/c1-21-7-8-22(24-10-9-23-13-16-31-20-25(23)17-24)5-4-6-27-18-26-11-12-28(32(2)3)19-29(26)14-15-30(21,27)33-29/h6,9-10,13,16-18,20-22,28H,4-5,7-8,11-12,14-15,19H2,1-3H3/b27-6-/t21-,22?,28?,29+,30-/m0/s1. The summed E-state index contributed by atoms with van der Waals surface area (Å²) in [5, 5.41) is 2.55. The minimum absolute atomic E-state index is 0.00239. The largest absolute Gasteiger partial charge is 0.359 e. The Labute approximate surface area is 198 Å². The first-order valence-corrected chi connectivity index (χ1v) is 13.1. The van der Waals surface area contributed by atoms with Gasteiger partial charge < -0.3 is 9.64 Å². The first-order valence-electron chi connectivity index (χ1n) is 13.1. The molecule has 2 bridgehead atoms. The maximum Gasteiger partial charge on any atom is 0.0966 e. The van der Waals surface area contributed by atoms with Gasteiger partial charge in [0.05, 0.1) is 11.2 Å². The number of hydrogen-bond donors (Lipinski definition) is 0. The molecule has 2 aliphatic heterocycles. The summed E-state index contributed by atoms with van der Waals surface area (Å²) in [7, 11) is 4.47. The van der Waals surface area contributed by atoms with Crippen molar-refractivity contribution >= 4 is 10.8 Å². The average Bonchev–Trinajstić information content (AvgIpc) is 3.18. The van der Waals surface area contributed by atoms with Gasteiger partial charge >= 0.3 is 0 Å². The molecule has 1 saturated carbocycles. The van der Waals surface area contributed by atoms with Gasteiger partial charge in [0.1, 0.15) is 0 Å². The van der Waals surface area contributed by atoms with Crippen LogP contribution in [0, 0.1) is 5.92 Å². The van der Waals surface area contributed by atoms with Gasteiger partial charge in [0, 0.05) is 23.8 Å². The van der Waals surface area contributed by atoms with E-state index < -0.39 is 0 Å². The van der Waals surface area contributed by atoms with Crippen LogP contribution in [0.25, 0.3) is 10.8 Å². The summed E-state index contributed by atoms with van der Waals surface area (Å²) in [6.45, 7) is 2.46. The van der Waals surface area contributed by atoms with Gasteiger partial charge in [-0.05, 0) is 118 Å². The molecule has 2 aliphatic carbocycles. The molecule has 3 nitrogen and oxygen atoms in total. The number of hydrogen-bond acceptors (Lipinski definition) is 3. The van der Waals surface area contributed by atoms with Gasteiger partial charge in [-0.2, -0.15) is 0 Å². The van der Waals surface area contributed by atoms with Crippen molar-refractivity contribution in [1.82, 2.24) is 9.88 Å². The number of fused-ring (bicyclic) bond motifs is 1. The molecule has 5 atom stereocenters. The maximum atomic E-state index is 7.29. The molecule has 6 rings (SSSR count). The summed E-state index contributed by atoms with van der Waals surface area (Å²) in [6, 6.07) is 9.76. The van der Waals surface area contributed by atoms with Crippen LogP contribution < -0.4 is 0 Å². The first-order chi connectivity index (χ1) is 16.0. The van der Waals surface area contributed by atoms with Gasteiger partial charge in [-0.1, -0.05) is 31.2 Å². The van der Waals surface area contributed by atoms with Gasteiger partial charge in [-0.25, -0.2) is 0 Å². The molecule has 174 valence electrons. The van der Waals surface area contributed by atoms with Gasteiger partial charge in [-0.3, -0.25) is 4.98 Å². The predicted octanol–water partition coefficient (Wildman–Crippen LogP) is 6.80. The maximum absolute atomic E-state index is 7.29. The average molecular weight is 443 g/mol. The molecule has 2 fully saturated rings. The predicted molar refractivity (Wildman–Crippen MR) is 135 cm³/mol. The highest BCUT2D eigenvalue weighted by atomic mass is 16.5. The van der Waals surface area contributed by atoms with Crippen molar-refractivity contribution in [1.29, 1.82) is 0 Å².